The van der Waals surface area contributed by atoms with Crippen LogP contribution in [0.15, 0.2) is 55.0 Å². The maximum Gasteiger partial charge on any atom is 0.232 e. The summed E-state index contributed by atoms with van der Waals surface area (Å²) in [6.07, 6.45) is 4.97. The maximum absolute atomic E-state index is 13.3. The van der Waals surface area contributed by atoms with Crippen molar-refractivity contribution < 1.29 is 9.18 Å². The van der Waals surface area contributed by atoms with E-state index in [1.54, 1.807) is 30.7 Å². The van der Waals surface area contributed by atoms with Crippen molar-refractivity contribution in [2.45, 2.75) is 20.8 Å². The van der Waals surface area contributed by atoms with Crippen LogP contribution in [0.4, 0.5) is 10.3 Å². The fourth-order valence-electron chi connectivity index (χ4n) is 2.30. The minimum Gasteiger partial charge on any atom is -0.294 e. The molecule has 132 valence electrons. The number of pyridine rings is 1. The molecule has 0 aliphatic carbocycles. The topological polar surface area (TPSA) is 67.8 Å². The van der Waals surface area contributed by atoms with Gasteiger partial charge < -0.3 is 0 Å². The van der Waals surface area contributed by atoms with E-state index in [0.29, 0.717) is 5.69 Å². The van der Waals surface area contributed by atoms with Crippen molar-refractivity contribution in [2.24, 2.45) is 5.41 Å². The van der Waals surface area contributed by atoms with Crippen LogP contribution >= 0.6 is 0 Å². The number of amides is 1. The second kappa shape index (κ2) is 7.00. The molecule has 0 atom stereocenters. The van der Waals surface area contributed by atoms with E-state index in [0.717, 1.165) is 16.7 Å². The van der Waals surface area contributed by atoms with Gasteiger partial charge in [-0.25, -0.2) is 14.4 Å². The lowest BCUT2D eigenvalue weighted by Crippen LogP contribution is -2.28. The number of hydrogen-bond donors (Lipinski definition) is 1. The van der Waals surface area contributed by atoms with Gasteiger partial charge in [0.2, 0.25) is 11.9 Å². The Kier molecular flexibility index (Phi) is 4.75. The summed E-state index contributed by atoms with van der Waals surface area (Å²) >= 11 is 0. The Bertz CT molecular complexity index is 919. The number of anilines is 1. The quantitative estimate of drug-likeness (QED) is 0.763. The van der Waals surface area contributed by atoms with E-state index in [2.05, 4.69) is 20.3 Å². The number of hydrogen-bond acceptors (Lipinski definition) is 4. The third-order valence-corrected chi connectivity index (χ3v) is 3.80. The summed E-state index contributed by atoms with van der Waals surface area (Å²) < 4.78 is 13.3. The van der Waals surface area contributed by atoms with Gasteiger partial charge in [0, 0.05) is 35.1 Å². The zero-order chi connectivity index (χ0) is 18.7. The molecule has 3 rings (SSSR count). The van der Waals surface area contributed by atoms with Gasteiger partial charge in [0.25, 0.3) is 0 Å². The molecule has 3 aromatic rings. The summed E-state index contributed by atoms with van der Waals surface area (Å²) in [7, 11) is 0. The summed E-state index contributed by atoms with van der Waals surface area (Å²) in [5, 5.41) is 2.74. The lowest BCUT2D eigenvalue weighted by Gasteiger charge is -2.17. The molecule has 0 saturated heterocycles. The fraction of sp³-hybridized carbons (Fsp3) is 0.200. The van der Waals surface area contributed by atoms with Gasteiger partial charge in [0.1, 0.15) is 5.82 Å². The smallest absolute Gasteiger partial charge is 0.232 e. The second-order valence-electron chi connectivity index (χ2n) is 6.90. The summed E-state index contributed by atoms with van der Waals surface area (Å²) in [5.41, 5.74) is 2.43. The van der Waals surface area contributed by atoms with E-state index in [1.165, 1.54) is 12.1 Å². The van der Waals surface area contributed by atoms with Crippen molar-refractivity contribution in [1.29, 1.82) is 0 Å². The average molecular weight is 350 g/mol. The average Bonchev–Trinajstić information content (AvgIpc) is 2.62. The lowest BCUT2D eigenvalue weighted by molar-refractivity contribution is -0.123. The summed E-state index contributed by atoms with van der Waals surface area (Å²) in [6.45, 7) is 5.46. The first kappa shape index (κ1) is 17.7. The minimum absolute atomic E-state index is 0.173. The molecule has 0 aliphatic heterocycles. The normalized spacial score (nSPS) is 11.2. The van der Waals surface area contributed by atoms with Gasteiger partial charge in [-0.3, -0.25) is 15.1 Å². The van der Waals surface area contributed by atoms with Gasteiger partial charge in [-0.15, -0.1) is 0 Å². The number of rotatable bonds is 3. The highest BCUT2D eigenvalue weighted by atomic mass is 19.1. The first-order chi connectivity index (χ1) is 12.3. The van der Waals surface area contributed by atoms with Gasteiger partial charge in [0.15, 0.2) is 0 Å². The van der Waals surface area contributed by atoms with Crippen LogP contribution in [-0.2, 0) is 4.79 Å². The van der Waals surface area contributed by atoms with E-state index >= 15 is 0 Å². The van der Waals surface area contributed by atoms with Crippen LogP contribution in [0.1, 0.15) is 20.8 Å². The molecule has 1 amide bonds. The Morgan fingerprint density at radius 3 is 2.27 bits per heavy atom. The molecule has 26 heavy (non-hydrogen) atoms. The van der Waals surface area contributed by atoms with Gasteiger partial charge in [-0.1, -0.05) is 32.9 Å². The summed E-state index contributed by atoms with van der Waals surface area (Å²) in [5.74, 6) is -0.260. The molecule has 6 heteroatoms. The molecule has 0 unspecified atom stereocenters. The molecule has 0 fully saturated rings. The highest BCUT2D eigenvalue weighted by Gasteiger charge is 2.22. The summed E-state index contributed by atoms with van der Waals surface area (Å²) in [6, 6.07) is 9.77. The number of nitrogens with one attached hydrogen (secondary N) is 1. The molecule has 2 heterocycles. The molecular weight excluding hydrogens is 331 g/mol. The van der Waals surface area contributed by atoms with Crippen molar-refractivity contribution >= 4 is 11.9 Å². The molecular formula is C20H19FN4O. The largest absolute Gasteiger partial charge is 0.294 e. The van der Waals surface area contributed by atoms with Crippen molar-refractivity contribution in [3.8, 4) is 22.4 Å². The van der Waals surface area contributed by atoms with Crippen LogP contribution in [0.3, 0.4) is 0 Å². The first-order valence-corrected chi connectivity index (χ1v) is 8.19. The molecule has 1 N–H and O–H groups in total. The lowest BCUT2D eigenvalue weighted by atomic mass is 9.96. The molecule has 0 radical (unpaired) electrons. The van der Waals surface area contributed by atoms with Crippen LogP contribution in [0, 0.1) is 11.2 Å². The number of halogens is 1. The number of benzene rings is 1. The van der Waals surface area contributed by atoms with Crippen molar-refractivity contribution in [1.82, 2.24) is 15.0 Å². The van der Waals surface area contributed by atoms with E-state index in [4.69, 9.17) is 0 Å². The highest BCUT2D eigenvalue weighted by Crippen LogP contribution is 2.31. The third-order valence-electron chi connectivity index (χ3n) is 3.80. The Morgan fingerprint density at radius 1 is 1.00 bits per heavy atom. The standard InChI is InChI=1S/C20H19FN4O/c1-20(2,3)18(26)25-19-23-12-16(13-4-6-15(21)7-5-13)17(24-19)14-8-10-22-11-9-14/h4-12H,1-3H3,(H,23,24,25,26). The predicted octanol–water partition coefficient (Wildman–Crippen LogP) is 4.33. The van der Waals surface area contributed by atoms with E-state index in [9.17, 15) is 9.18 Å². The number of aromatic nitrogens is 3. The van der Waals surface area contributed by atoms with Crippen LogP contribution in [0.25, 0.3) is 22.4 Å². The van der Waals surface area contributed by atoms with Crippen LogP contribution in [0.5, 0.6) is 0 Å². The molecule has 5 nitrogen and oxygen atoms in total. The number of carbonyl (C=O) groups excluding carboxylic acids is 1. The summed E-state index contributed by atoms with van der Waals surface area (Å²) in [4.78, 5) is 25.1. The number of nitrogens with zero attached hydrogens (tertiary/aromatic N) is 3. The van der Waals surface area contributed by atoms with Crippen molar-refractivity contribution in [3.05, 3.63) is 60.8 Å². The van der Waals surface area contributed by atoms with E-state index in [-0.39, 0.29) is 17.7 Å². The Hall–Kier alpha value is -3.15. The molecule has 0 aliphatic rings. The Morgan fingerprint density at radius 2 is 1.65 bits per heavy atom. The van der Waals surface area contributed by atoms with Gasteiger partial charge in [-0.2, -0.15) is 0 Å². The van der Waals surface area contributed by atoms with Gasteiger partial charge in [-0.05, 0) is 29.8 Å². The van der Waals surface area contributed by atoms with Crippen LogP contribution in [0.2, 0.25) is 0 Å². The van der Waals surface area contributed by atoms with E-state index < -0.39 is 5.41 Å². The van der Waals surface area contributed by atoms with Crippen molar-refractivity contribution in [3.63, 3.8) is 0 Å². The SMILES string of the molecule is CC(C)(C)C(=O)Nc1ncc(-c2ccc(F)cc2)c(-c2ccncc2)n1. The fourth-order valence-corrected chi connectivity index (χ4v) is 2.30. The number of carbonyl (C=O) groups is 1. The van der Waals surface area contributed by atoms with E-state index in [1.807, 2.05) is 32.9 Å². The molecule has 0 bridgehead atoms. The minimum atomic E-state index is -0.560. The highest BCUT2D eigenvalue weighted by molar-refractivity contribution is 5.93. The zero-order valence-electron chi connectivity index (χ0n) is 14.8. The van der Waals surface area contributed by atoms with Crippen LogP contribution < -0.4 is 5.32 Å². The predicted molar refractivity (Wildman–Crippen MR) is 98.7 cm³/mol. The van der Waals surface area contributed by atoms with Gasteiger partial charge >= 0.3 is 0 Å². The zero-order valence-corrected chi connectivity index (χ0v) is 14.8. The molecule has 0 saturated carbocycles. The molecule has 0 spiro atoms. The second-order valence-corrected chi connectivity index (χ2v) is 6.90. The third kappa shape index (κ3) is 3.91. The Balaban J connectivity index is 2.08. The van der Waals surface area contributed by atoms with Crippen LogP contribution in [-0.4, -0.2) is 20.9 Å². The van der Waals surface area contributed by atoms with Gasteiger partial charge in [0.05, 0.1) is 5.69 Å². The maximum atomic E-state index is 13.3. The van der Waals surface area contributed by atoms with Crippen molar-refractivity contribution in [2.75, 3.05) is 5.32 Å². The first-order valence-electron chi connectivity index (χ1n) is 8.19. The molecule has 1 aromatic carbocycles. The molecule has 2 aromatic heterocycles. The monoisotopic (exact) mass is 350 g/mol. The Labute approximate surface area is 151 Å².